The van der Waals surface area contributed by atoms with Gasteiger partial charge >= 0.3 is 0 Å². The van der Waals surface area contributed by atoms with E-state index in [1.807, 2.05) is 30.3 Å². The van der Waals surface area contributed by atoms with Gasteiger partial charge in [0.15, 0.2) is 11.5 Å². The summed E-state index contributed by atoms with van der Waals surface area (Å²) in [5.41, 5.74) is 0. The van der Waals surface area contributed by atoms with E-state index in [-0.39, 0.29) is 11.5 Å². The topological polar surface area (TPSA) is 88.5 Å². The lowest BCUT2D eigenvalue weighted by Gasteiger charge is -2.34. The van der Waals surface area contributed by atoms with Crippen LogP contribution in [-0.2, 0) is 10.0 Å². The average Bonchev–Trinajstić information content (AvgIpc) is 3.04. The number of aliphatic hydroxyl groups excluding tert-OH is 1. The van der Waals surface area contributed by atoms with Crippen LogP contribution in [0.2, 0.25) is 0 Å². The Hall–Kier alpha value is -2.33. The van der Waals surface area contributed by atoms with E-state index in [2.05, 4.69) is 4.90 Å². The molecule has 1 N–H and O–H groups in total. The van der Waals surface area contributed by atoms with E-state index in [0.29, 0.717) is 63.2 Å². The van der Waals surface area contributed by atoms with E-state index in [4.69, 9.17) is 14.2 Å². The second kappa shape index (κ2) is 9.86. The van der Waals surface area contributed by atoms with Crippen molar-refractivity contribution >= 4 is 10.0 Å². The Morgan fingerprint density at radius 2 is 1.68 bits per heavy atom. The number of sulfonamides is 1. The highest BCUT2D eigenvalue weighted by atomic mass is 32.2. The summed E-state index contributed by atoms with van der Waals surface area (Å²) in [7, 11) is -3.62. The van der Waals surface area contributed by atoms with Crippen molar-refractivity contribution in [3.05, 3.63) is 48.5 Å². The molecule has 31 heavy (non-hydrogen) atoms. The number of hydrogen-bond acceptors (Lipinski definition) is 7. The van der Waals surface area contributed by atoms with Gasteiger partial charge in [0, 0.05) is 45.2 Å². The molecule has 2 aromatic carbocycles. The quantitative estimate of drug-likeness (QED) is 0.688. The van der Waals surface area contributed by atoms with Crippen molar-refractivity contribution in [2.75, 3.05) is 52.5 Å². The van der Waals surface area contributed by atoms with Crippen LogP contribution in [0.4, 0.5) is 0 Å². The van der Waals surface area contributed by atoms with Crippen molar-refractivity contribution in [3.63, 3.8) is 0 Å². The van der Waals surface area contributed by atoms with Crippen molar-refractivity contribution in [2.45, 2.75) is 17.4 Å². The fourth-order valence-electron chi connectivity index (χ4n) is 3.67. The van der Waals surface area contributed by atoms with Gasteiger partial charge in [-0.15, -0.1) is 0 Å². The fraction of sp³-hybridized carbons (Fsp3) is 0.455. The van der Waals surface area contributed by atoms with Gasteiger partial charge in [-0.2, -0.15) is 4.31 Å². The van der Waals surface area contributed by atoms with Gasteiger partial charge in [-0.25, -0.2) is 8.42 Å². The Labute approximate surface area is 183 Å². The third kappa shape index (κ3) is 5.48. The third-order valence-electron chi connectivity index (χ3n) is 5.34. The Bertz CT molecular complexity index is 961. The van der Waals surface area contributed by atoms with E-state index < -0.39 is 16.1 Å². The van der Waals surface area contributed by atoms with Crippen molar-refractivity contribution in [3.8, 4) is 17.2 Å². The summed E-state index contributed by atoms with van der Waals surface area (Å²) in [5, 5.41) is 10.3. The van der Waals surface area contributed by atoms with E-state index in [0.717, 1.165) is 6.42 Å². The molecule has 0 radical (unpaired) electrons. The number of para-hydroxylation sites is 1. The lowest BCUT2D eigenvalue weighted by atomic mass is 10.3. The number of benzene rings is 2. The molecule has 0 aromatic heterocycles. The minimum Gasteiger partial charge on any atom is -0.491 e. The van der Waals surface area contributed by atoms with Crippen LogP contribution in [-0.4, -0.2) is 81.4 Å². The average molecular weight is 449 g/mol. The molecule has 0 aliphatic carbocycles. The van der Waals surface area contributed by atoms with Crippen LogP contribution in [0.1, 0.15) is 6.42 Å². The molecule has 4 rings (SSSR count). The third-order valence-corrected chi connectivity index (χ3v) is 7.24. The summed E-state index contributed by atoms with van der Waals surface area (Å²) in [6.07, 6.45) is 0.117. The Balaban J connectivity index is 1.30. The molecule has 2 aromatic rings. The predicted molar refractivity (Wildman–Crippen MR) is 115 cm³/mol. The van der Waals surface area contributed by atoms with Gasteiger partial charge in [0.2, 0.25) is 10.0 Å². The largest absolute Gasteiger partial charge is 0.491 e. The molecule has 2 aliphatic rings. The highest BCUT2D eigenvalue weighted by molar-refractivity contribution is 7.89. The molecule has 168 valence electrons. The first-order valence-corrected chi connectivity index (χ1v) is 11.9. The lowest BCUT2D eigenvalue weighted by Crippen LogP contribution is -2.50. The maximum absolute atomic E-state index is 13.1. The standard InChI is InChI=1S/C22H28N2O6S/c25-18(17-30-19-5-2-1-3-6-19)16-23-9-11-24(12-10-23)31(26,27)20-7-8-21-22(15-20)29-14-4-13-28-21/h1-3,5-8,15,18,25H,4,9-14,16-17H2/t18-/m0/s1. The first kappa shape index (κ1) is 21.9. The van der Waals surface area contributed by atoms with Gasteiger partial charge in [0.25, 0.3) is 0 Å². The Kier molecular flexibility index (Phi) is 6.96. The number of fused-ring (bicyclic) bond motifs is 1. The number of rotatable bonds is 7. The first-order valence-electron chi connectivity index (χ1n) is 10.5. The summed E-state index contributed by atoms with van der Waals surface area (Å²) in [6.45, 7) is 3.52. The van der Waals surface area contributed by atoms with Crippen molar-refractivity contribution in [1.29, 1.82) is 0 Å². The molecule has 0 unspecified atom stereocenters. The normalized spacial score (nSPS) is 18.9. The van der Waals surface area contributed by atoms with Crippen molar-refractivity contribution in [1.82, 2.24) is 9.21 Å². The van der Waals surface area contributed by atoms with Crippen LogP contribution in [0.5, 0.6) is 17.2 Å². The molecular formula is C22H28N2O6S. The van der Waals surface area contributed by atoms with E-state index in [1.54, 1.807) is 18.2 Å². The molecule has 2 heterocycles. The zero-order valence-corrected chi connectivity index (χ0v) is 18.2. The number of ether oxygens (including phenoxy) is 3. The minimum atomic E-state index is -3.62. The smallest absolute Gasteiger partial charge is 0.243 e. The zero-order valence-electron chi connectivity index (χ0n) is 17.4. The molecule has 2 aliphatic heterocycles. The fourth-order valence-corrected chi connectivity index (χ4v) is 5.10. The Morgan fingerprint density at radius 3 is 2.42 bits per heavy atom. The number of hydrogen-bond donors (Lipinski definition) is 1. The molecule has 1 saturated heterocycles. The van der Waals surface area contributed by atoms with Crippen LogP contribution in [0.15, 0.2) is 53.4 Å². The van der Waals surface area contributed by atoms with E-state index in [1.165, 1.54) is 4.31 Å². The van der Waals surface area contributed by atoms with Gasteiger partial charge in [-0.1, -0.05) is 18.2 Å². The van der Waals surface area contributed by atoms with Crippen LogP contribution < -0.4 is 14.2 Å². The predicted octanol–water partition coefficient (Wildman–Crippen LogP) is 1.59. The second-order valence-corrected chi connectivity index (χ2v) is 9.58. The lowest BCUT2D eigenvalue weighted by molar-refractivity contribution is 0.0569. The maximum atomic E-state index is 13.1. The number of β-amino-alcohol motifs (C(OH)–C–C–N with tert-alkyl or cyclic N) is 1. The van der Waals surface area contributed by atoms with Crippen LogP contribution >= 0.6 is 0 Å². The van der Waals surface area contributed by atoms with Gasteiger partial charge in [-0.3, -0.25) is 4.90 Å². The number of aliphatic hydroxyl groups is 1. The highest BCUT2D eigenvalue weighted by Gasteiger charge is 2.30. The molecule has 1 fully saturated rings. The van der Waals surface area contributed by atoms with Crippen LogP contribution in [0.25, 0.3) is 0 Å². The molecule has 0 amide bonds. The molecule has 0 saturated carbocycles. The summed E-state index contributed by atoms with van der Waals surface area (Å²) in [5.74, 6) is 1.76. The molecule has 0 spiro atoms. The molecular weight excluding hydrogens is 420 g/mol. The molecule has 0 bridgehead atoms. The molecule has 1 atom stereocenters. The summed E-state index contributed by atoms with van der Waals surface area (Å²) < 4.78 is 44.5. The van der Waals surface area contributed by atoms with Gasteiger partial charge in [0.1, 0.15) is 18.5 Å². The van der Waals surface area contributed by atoms with Gasteiger partial charge in [-0.05, 0) is 24.3 Å². The monoisotopic (exact) mass is 448 g/mol. The first-order chi connectivity index (χ1) is 15.0. The second-order valence-electron chi connectivity index (χ2n) is 7.64. The number of nitrogens with zero attached hydrogens (tertiary/aromatic N) is 2. The minimum absolute atomic E-state index is 0.194. The van der Waals surface area contributed by atoms with Gasteiger partial charge in [0.05, 0.1) is 18.1 Å². The zero-order chi connectivity index (χ0) is 21.7. The molecule has 8 nitrogen and oxygen atoms in total. The van der Waals surface area contributed by atoms with Crippen molar-refractivity contribution in [2.24, 2.45) is 0 Å². The SMILES string of the molecule is O=S(=O)(c1ccc2c(c1)OCCCO2)N1CCN(C[C@H](O)COc2ccccc2)CC1. The molecule has 9 heteroatoms. The van der Waals surface area contributed by atoms with Crippen LogP contribution in [0, 0.1) is 0 Å². The van der Waals surface area contributed by atoms with E-state index in [9.17, 15) is 13.5 Å². The Morgan fingerprint density at radius 1 is 0.968 bits per heavy atom. The van der Waals surface area contributed by atoms with E-state index >= 15 is 0 Å². The summed E-state index contributed by atoms with van der Waals surface area (Å²) in [4.78, 5) is 2.26. The highest BCUT2D eigenvalue weighted by Crippen LogP contribution is 2.33. The van der Waals surface area contributed by atoms with Crippen LogP contribution in [0.3, 0.4) is 0 Å². The summed E-state index contributed by atoms with van der Waals surface area (Å²) in [6, 6.07) is 14.1. The maximum Gasteiger partial charge on any atom is 0.243 e. The number of piperazine rings is 1. The van der Waals surface area contributed by atoms with Gasteiger partial charge < -0.3 is 19.3 Å². The van der Waals surface area contributed by atoms with Crippen molar-refractivity contribution < 1.29 is 27.7 Å². The summed E-state index contributed by atoms with van der Waals surface area (Å²) >= 11 is 0.